The molecule has 2 aromatic rings. The highest BCUT2D eigenvalue weighted by Crippen LogP contribution is 2.21. The van der Waals surface area contributed by atoms with E-state index in [1.807, 2.05) is 0 Å². The van der Waals surface area contributed by atoms with Crippen LogP contribution in [0.25, 0.3) is 11.2 Å². The van der Waals surface area contributed by atoms with Crippen LogP contribution in [0.15, 0.2) is 25.9 Å². The van der Waals surface area contributed by atoms with Crippen LogP contribution in [0.2, 0.25) is 0 Å². The van der Waals surface area contributed by atoms with Gasteiger partial charge in [-0.15, -0.1) is 0 Å². The highest BCUT2D eigenvalue weighted by molar-refractivity contribution is 7.99. The van der Waals surface area contributed by atoms with E-state index in [2.05, 4.69) is 9.97 Å². The van der Waals surface area contributed by atoms with Crippen LogP contribution in [0, 0.1) is 0 Å². The zero-order chi connectivity index (χ0) is 16.4. The largest absolute Gasteiger partial charge is 0.369 e. The van der Waals surface area contributed by atoms with Gasteiger partial charge in [-0.05, 0) is 6.92 Å². The van der Waals surface area contributed by atoms with Gasteiger partial charge >= 0.3 is 5.69 Å². The van der Waals surface area contributed by atoms with Crippen molar-refractivity contribution < 1.29 is 4.79 Å². The Balaban J connectivity index is 2.69. The molecule has 0 fully saturated rings. The van der Waals surface area contributed by atoms with Crippen molar-refractivity contribution in [3.8, 4) is 0 Å². The Morgan fingerprint density at radius 3 is 2.77 bits per heavy atom. The molecule has 0 aromatic carbocycles. The maximum absolute atomic E-state index is 12.1. The third-order valence-electron chi connectivity index (χ3n) is 2.87. The molecule has 118 valence electrons. The Labute approximate surface area is 134 Å². The van der Waals surface area contributed by atoms with E-state index in [1.54, 1.807) is 17.6 Å². The summed E-state index contributed by atoms with van der Waals surface area (Å²) in [5, 5.41) is 0.962. The van der Waals surface area contributed by atoms with Crippen LogP contribution in [-0.2, 0) is 18.4 Å². The maximum atomic E-state index is 12.1. The molecule has 2 rings (SSSR count). The van der Waals surface area contributed by atoms with E-state index >= 15 is 0 Å². The number of aromatic nitrogens is 4. The molecule has 0 aliphatic carbocycles. The van der Waals surface area contributed by atoms with Gasteiger partial charge in [0.05, 0.1) is 5.75 Å². The topological polar surface area (TPSA) is 116 Å². The van der Waals surface area contributed by atoms with Gasteiger partial charge in [0.15, 0.2) is 16.3 Å². The normalized spacial score (nSPS) is 12.0. The van der Waals surface area contributed by atoms with Crippen molar-refractivity contribution in [1.29, 1.82) is 0 Å². The van der Waals surface area contributed by atoms with Gasteiger partial charge in [0, 0.05) is 18.6 Å². The number of nitrogens with two attached hydrogens (primary N) is 1. The number of nitrogens with zero attached hydrogens (tertiary/aromatic N) is 3. The van der Waals surface area contributed by atoms with Crippen molar-refractivity contribution in [1.82, 2.24) is 19.1 Å². The highest BCUT2D eigenvalue weighted by Gasteiger charge is 2.17. The highest BCUT2D eigenvalue weighted by atomic mass is 35.5. The average molecular weight is 344 g/mol. The number of nitrogens with one attached hydrogen (secondary N) is 1. The molecule has 0 unspecified atom stereocenters. The molecule has 2 heterocycles. The SMILES string of the molecule is C/C(Cl)=C\Cn1c(SCC(N)=O)nc2c1c(=O)[nH]c(=O)n2C. The fourth-order valence-corrected chi connectivity index (χ4v) is 2.66. The number of carbonyl (C=O) groups is 1. The number of hydrogen-bond donors (Lipinski definition) is 2. The molecule has 0 saturated heterocycles. The number of rotatable bonds is 5. The molecule has 0 radical (unpaired) electrons. The van der Waals surface area contributed by atoms with E-state index in [0.29, 0.717) is 10.2 Å². The number of allylic oxidation sites excluding steroid dienone is 2. The van der Waals surface area contributed by atoms with Crippen molar-refractivity contribution in [2.75, 3.05) is 5.75 Å². The Morgan fingerprint density at radius 1 is 1.50 bits per heavy atom. The summed E-state index contributed by atoms with van der Waals surface area (Å²) in [7, 11) is 1.50. The minimum absolute atomic E-state index is 0.0126. The second-order valence-electron chi connectivity index (χ2n) is 4.54. The van der Waals surface area contributed by atoms with E-state index < -0.39 is 17.2 Å². The lowest BCUT2D eigenvalue weighted by Gasteiger charge is -2.05. The first-order valence-corrected chi connectivity index (χ1v) is 7.60. The molecule has 22 heavy (non-hydrogen) atoms. The molecule has 8 nitrogen and oxygen atoms in total. The van der Waals surface area contributed by atoms with E-state index in [-0.39, 0.29) is 23.5 Å². The number of H-pyrrole nitrogens is 1. The number of aryl methyl sites for hydroxylation is 1. The zero-order valence-electron chi connectivity index (χ0n) is 11.9. The van der Waals surface area contributed by atoms with Crippen molar-refractivity contribution >= 4 is 40.4 Å². The quantitative estimate of drug-likeness (QED) is 0.749. The molecule has 3 N–H and O–H groups in total. The van der Waals surface area contributed by atoms with Crippen LogP contribution >= 0.6 is 23.4 Å². The number of carbonyl (C=O) groups excluding carboxylic acids is 1. The Morgan fingerprint density at radius 2 is 2.18 bits per heavy atom. The molecule has 1 amide bonds. The van der Waals surface area contributed by atoms with Crippen LogP contribution in [0.3, 0.4) is 0 Å². The molecule has 0 aliphatic heterocycles. The lowest BCUT2D eigenvalue weighted by Crippen LogP contribution is -2.29. The lowest BCUT2D eigenvalue weighted by molar-refractivity contribution is -0.115. The maximum Gasteiger partial charge on any atom is 0.329 e. The van der Waals surface area contributed by atoms with E-state index in [0.717, 1.165) is 11.8 Å². The molecule has 10 heteroatoms. The fraction of sp³-hybridized carbons (Fsp3) is 0.333. The van der Waals surface area contributed by atoms with Gasteiger partial charge in [-0.25, -0.2) is 9.78 Å². The Bertz CT molecular complexity index is 875. The molecule has 0 spiro atoms. The first-order chi connectivity index (χ1) is 10.3. The Hall–Kier alpha value is -2.00. The van der Waals surface area contributed by atoms with Crippen LogP contribution in [0.5, 0.6) is 0 Å². The lowest BCUT2D eigenvalue weighted by atomic mass is 10.4. The summed E-state index contributed by atoms with van der Waals surface area (Å²) in [4.78, 5) is 41.2. The van der Waals surface area contributed by atoms with Gasteiger partial charge < -0.3 is 10.3 Å². The van der Waals surface area contributed by atoms with Gasteiger partial charge in [0.1, 0.15) is 0 Å². The minimum atomic E-state index is -0.558. The molecule has 0 aliphatic rings. The number of thioether (sulfide) groups is 1. The number of primary amides is 1. The van der Waals surface area contributed by atoms with Crippen LogP contribution in [-0.4, -0.2) is 30.8 Å². The smallest absolute Gasteiger partial charge is 0.329 e. The number of hydrogen-bond acceptors (Lipinski definition) is 5. The second kappa shape index (κ2) is 6.41. The minimum Gasteiger partial charge on any atom is -0.369 e. The van der Waals surface area contributed by atoms with Gasteiger partial charge in [0.25, 0.3) is 5.56 Å². The predicted octanol–water partition coefficient (Wildman–Crippen LogP) is 0.143. The molecule has 0 bridgehead atoms. The summed E-state index contributed by atoms with van der Waals surface area (Å²) in [5.41, 5.74) is 4.51. The van der Waals surface area contributed by atoms with Gasteiger partial charge in [0.2, 0.25) is 5.91 Å². The summed E-state index contributed by atoms with van der Waals surface area (Å²) < 4.78 is 2.83. The van der Waals surface area contributed by atoms with Crippen molar-refractivity contribution in [2.24, 2.45) is 12.8 Å². The summed E-state index contributed by atoms with van der Waals surface area (Å²) in [6, 6.07) is 0. The van der Waals surface area contributed by atoms with Crippen LogP contribution < -0.4 is 17.0 Å². The molecule has 0 atom stereocenters. The third-order valence-corrected chi connectivity index (χ3v) is 4.02. The average Bonchev–Trinajstić information content (AvgIpc) is 2.79. The number of aromatic amines is 1. The standard InChI is InChI=1S/C12H14ClN5O3S/c1-6(13)3-4-18-8-9(15-12(18)22-5-7(14)19)17(2)11(21)16-10(8)20/h3H,4-5H2,1-2H3,(H2,14,19)(H,16,20,21)/b6-3+. The number of fused-ring (bicyclic) bond motifs is 1. The molecular weight excluding hydrogens is 330 g/mol. The summed E-state index contributed by atoms with van der Waals surface area (Å²) in [6.07, 6.45) is 1.70. The molecular formula is C12H14ClN5O3S. The van der Waals surface area contributed by atoms with Crippen molar-refractivity contribution in [3.05, 3.63) is 31.9 Å². The van der Waals surface area contributed by atoms with E-state index in [4.69, 9.17) is 17.3 Å². The number of imidazole rings is 1. The molecule has 2 aromatic heterocycles. The van der Waals surface area contributed by atoms with Gasteiger partial charge in [-0.3, -0.25) is 19.1 Å². The Kier molecular flexibility index (Phi) is 4.77. The molecule has 0 saturated carbocycles. The summed E-state index contributed by atoms with van der Waals surface area (Å²) in [5.74, 6) is -0.492. The van der Waals surface area contributed by atoms with Gasteiger partial charge in [-0.2, -0.15) is 0 Å². The van der Waals surface area contributed by atoms with Crippen LogP contribution in [0.4, 0.5) is 0 Å². The zero-order valence-corrected chi connectivity index (χ0v) is 13.5. The summed E-state index contributed by atoms with van der Waals surface area (Å²) in [6.45, 7) is 1.99. The number of halogens is 1. The van der Waals surface area contributed by atoms with Crippen molar-refractivity contribution in [3.63, 3.8) is 0 Å². The van der Waals surface area contributed by atoms with E-state index in [1.165, 1.54) is 11.6 Å². The fourth-order valence-electron chi connectivity index (χ4n) is 1.85. The monoisotopic (exact) mass is 343 g/mol. The van der Waals surface area contributed by atoms with Crippen molar-refractivity contribution in [2.45, 2.75) is 18.6 Å². The summed E-state index contributed by atoms with van der Waals surface area (Å²) >= 11 is 6.92. The second-order valence-corrected chi connectivity index (χ2v) is 6.08. The first-order valence-electron chi connectivity index (χ1n) is 6.24. The predicted molar refractivity (Wildman–Crippen MR) is 85.1 cm³/mol. The third kappa shape index (κ3) is 3.25. The van der Waals surface area contributed by atoms with Crippen LogP contribution in [0.1, 0.15) is 6.92 Å². The van der Waals surface area contributed by atoms with Gasteiger partial charge in [-0.1, -0.05) is 29.4 Å². The first kappa shape index (κ1) is 16.4. The van der Waals surface area contributed by atoms with E-state index in [9.17, 15) is 14.4 Å². The number of amides is 1.